The first-order chi connectivity index (χ1) is 15.1. The van der Waals surface area contributed by atoms with E-state index in [0.717, 1.165) is 45.0 Å². The molecule has 2 fully saturated rings. The van der Waals surface area contributed by atoms with Crippen LogP contribution in [0.15, 0.2) is 29.1 Å². The maximum Gasteiger partial charge on any atom is 0.210 e. The molecule has 11 heteroatoms. The Balaban J connectivity index is 1.45. The molecule has 0 unspecified atom stereocenters. The van der Waals surface area contributed by atoms with Crippen LogP contribution in [0.3, 0.4) is 0 Å². The number of anilines is 2. The van der Waals surface area contributed by atoms with Gasteiger partial charge in [-0.05, 0) is 22.0 Å². The molecule has 2 bridgehead atoms. The van der Waals surface area contributed by atoms with Crippen molar-refractivity contribution in [2.45, 2.75) is 18.1 Å². The Kier molecular flexibility index (Phi) is 3.99. The first-order valence-corrected chi connectivity index (χ1v) is 10.6. The summed E-state index contributed by atoms with van der Waals surface area (Å²) in [5.41, 5.74) is 2.61. The average Bonchev–Trinajstić information content (AvgIpc) is 3.55. The molecular formula is C20H18BrN7O3. The maximum atomic E-state index is 11.4. The molecule has 158 valence electrons. The van der Waals surface area contributed by atoms with Gasteiger partial charge in [-0.2, -0.15) is 5.10 Å². The van der Waals surface area contributed by atoms with Gasteiger partial charge in [-0.3, -0.25) is 9.89 Å². The monoisotopic (exact) mass is 483 g/mol. The molecule has 0 spiro atoms. The Hall–Kier alpha value is -3.18. The standard InChI is InChI=1S/C20H18BrN7O3/c1-30-14-3-12-10(5-24-27-12)2-13(14)25-18-15-16(21)17(26-19(15)23-8-22-18)20-4-11(6-31-20)28(7-20)9-29/h2-3,5,8-9,11H,4,6-7H2,1H3,(H,24,27)(H2,22,23,25,26)/t11-,20+/m0/s1. The van der Waals surface area contributed by atoms with Crippen LogP contribution in [0.1, 0.15) is 12.1 Å². The van der Waals surface area contributed by atoms with Gasteiger partial charge in [-0.1, -0.05) is 0 Å². The van der Waals surface area contributed by atoms with Gasteiger partial charge in [0, 0.05) is 17.9 Å². The number of carbonyl (C=O) groups is 1. The summed E-state index contributed by atoms with van der Waals surface area (Å²) in [6, 6.07) is 3.94. The van der Waals surface area contributed by atoms with Gasteiger partial charge >= 0.3 is 0 Å². The van der Waals surface area contributed by atoms with Crippen molar-refractivity contribution in [1.29, 1.82) is 0 Å². The highest BCUT2D eigenvalue weighted by Gasteiger charge is 2.53. The minimum absolute atomic E-state index is 0.102. The number of ether oxygens (including phenoxy) is 2. The molecule has 1 amide bonds. The minimum atomic E-state index is -0.574. The third-order valence-corrected chi connectivity index (χ3v) is 6.95. The molecule has 4 aromatic rings. The molecule has 31 heavy (non-hydrogen) atoms. The molecule has 3 aromatic heterocycles. The van der Waals surface area contributed by atoms with Crippen LogP contribution in [0.25, 0.3) is 21.9 Å². The molecule has 1 aromatic carbocycles. The zero-order chi connectivity index (χ0) is 21.2. The molecule has 10 nitrogen and oxygen atoms in total. The maximum absolute atomic E-state index is 11.4. The molecule has 0 aliphatic carbocycles. The number of aromatic amines is 2. The predicted octanol–water partition coefficient (Wildman–Crippen LogP) is 2.81. The highest BCUT2D eigenvalue weighted by Crippen LogP contribution is 2.48. The third kappa shape index (κ3) is 2.66. The number of nitrogens with zero attached hydrogens (tertiary/aromatic N) is 4. The predicted molar refractivity (Wildman–Crippen MR) is 116 cm³/mol. The molecule has 2 saturated heterocycles. The van der Waals surface area contributed by atoms with E-state index in [0.29, 0.717) is 30.4 Å². The smallest absolute Gasteiger partial charge is 0.210 e. The van der Waals surface area contributed by atoms with Crippen LogP contribution in [-0.2, 0) is 15.1 Å². The summed E-state index contributed by atoms with van der Waals surface area (Å²) in [4.78, 5) is 25.5. The van der Waals surface area contributed by atoms with Gasteiger partial charge in [0.2, 0.25) is 6.41 Å². The third-order valence-electron chi connectivity index (χ3n) is 6.16. The van der Waals surface area contributed by atoms with Crippen LogP contribution in [0.4, 0.5) is 11.5 Å². The number of rotatable bonds is 5. The second kappa shape index (κ2) is 6.66. The van der Waals surface area contributed by atoms with E-state index < -0.39 is 5.60 Å². The van der Waals surface area contributed by atoms with Gasteiger partial charge in [-0.15, -0.1) is 0 Å². The summed E-state index contributed by atoms with van der Waals surface area (Å²) >= 11 is 3.75. The van der Waals surface area contributed by atoms with Crippen molar-refractivity contribution in [2.24, 2.45) is 0 Å². The molecular weight excluding hydrogens is 466 g/mol. The Morgan fingerprint density at radius 3 is 3.13 bits per heavy atom. The number of nitrogens with one attached hydrogen (secondary N) is 3. The number of hydrogen-bond donors (Lipinski definition) is 3. The van der Waals surface area contributed by atoms with Crippen molar-refractivity contribution in [3.8, 4) is 5.75 Å². The molecule has 6 rings (SSSR count). The van der Waals surface area contributed by atoms with Crippen LogP contribution in [0.5, 0.6) is 5.75 Å². The highest BCUT2D eigenvalue weighted by molar-refractivity contribution is 9.10. The number of aromatic nitrogens is 5. The zero-order valence-corrected chi connectivity index (χ0v) is 18.1. The van der Waals surface area contributed by atoms with E-state index in [1.807, 2.05) is 12.1 Å². The van der Waals surface area contributed by atoms with Crippen LogP contribution < -0.4 is 10.1 Å². The van der Waals surface area contributed by atoms with E-state index in [1.165, 1.54) is 6.33 Å². The molecule has 2 aliphatic heterocycles. The summed E-state index contributed by atoms with van der Waals surface area (Å²) in [5, 5.41) is 12.2. The molecule has 5 heterocycles. The summed E-state index contributed by atoms with van der Waals surface area (Å²) in [7, 11) is 1.62. The van der Waals surface area contributed by atoms with Crippen LogP contribution >= 0.6 is 15.9 Å². The normalized spacial score (nSPS) is 22.5. The van der Waals surface area contributed by atoms with E-state index >= 15 is 0 Å². The van der Waals surface area contributed by atoms with Gasteiger partial charge in [0.25, 0.3) is 0 Å². The quantitative estimate of drug-likeness (QED) is 0.373. The van der Waals surface area contributed by atoms with Crippen LogP contribution in [-0.4, -0.2) is 62.8 Å². The number of H-pyrrole nitrogens is 2. The number of benzene rings is 1. The lowest BCUT2D eigenvalue weighted by molar-refractivity contribution is -0.126. The van der Waals surface area contributed by atoms with Crippen molar-refractivity contribution in [1.82, 2.24) is 30.0 Å². The van der Waals surface area contributed by atoms with Crippen molar-refractivity contribution in [3.63, 3.8) is 0 Å². The second-order valence-electron chi connectivity index (χ2n) is 7.84. The molecule has 3 N–H and O–H groups in total. The Morgan fingerprint density at radius 1 is 1.42 bits per heavy atom. The Morgan fingerprint density at radius 2 is 2.32 bits per heavy atom. The summed E-state index contributed by atoms with van der Waals surface area (Å²) < 4.78 is 12.5. The van der Waals surface area contributed by atoms with E-state index in [9.17, 15) is 4.79 Å². The molecule has 2 atom stereocenters. The van der Waals surface area contributed by atoms with Crippen molar-refractivity contribution in [2.75, 3.05) is 25.6 Å². The Labute approximate surface area is 184 Å². The second-order valence-corrected chi connectivity index (χ2v) is 8.63. The van der Waals surface area contributed by atoms with Crippen molar-refractivity contribution in [3.05, 3.63) is 34.8 Å². The summed E-state index contributed by atoms with van der Waals surface area (Å²) in [5.74, 6) is 1.28. The largest absolute Gasteiger partial charge is 0.494 e. The zero-order valence-electron chi connectivity index (χ0n) is 16.5. The molecule has 0 saturated carbocycles. The van der Waals surface area contributed by atoms with Gasteiger partial charge in [0.05, 0.1) is 59.3 Å². The highest BCUT2D eigenvalue weighted by atomic mass is 79.9. The SMILES string of the molecule is COc1cc2[nH]ncc2cc1Nc1ncnc2[nH]c([C@]34C[C@@H](CO3)N(C=O)C4)c(Br)c12. The lowest BCUT2D eigenvalue weighted by atomic mass is 9.98. The first kappa shape index (κ1) is 18.6. The average molecular weight is 484 g/mol. The summed E-state index contributed by atoms with van der Waals surface area (Å²) in [6.07, 6.45) is 4.91. The summed E-state index contributed by atoms with van der Waals surface area (Å²) in [6.45, 7) is 1.03. The number of carbonyl (C=O) groups excluding carboxylic acids is 1. The number of amides is 1. The van der Waals surface area contributed by atoms with Gasteiger partial charge < -0.3 is 24.7 Å². The van der Waals surface area contributed by atoms with Crippen molar-refractivity contribution < 1.29 is 14.3 Å². The molecule has 0 radical (unpaired) electrons. The molecule has 2 aliphatic rings. The van der Waals surface area contributed by atoms with Gasteiger partial charge in [0.15, 0.2) is 0 Å². The number of halogens is 1. The van der Waals surface area contributed by atoms with Crippen LogP contribution in [0.2, 0.25) is 0 Å². The minimum Gasteiger partial charge on any atom is -0.494 e. The van der Waals surface area contributed by atoms with Crippen molar-refractivity contribution >= 4 is 55.8 Å². The topological polar surface area (TPSA) is 121 Å². The number of methoxy groups -OCH3 is 1. The van der Waals surface area contributed by atoms with E-state index in [-0.39, 0.29) is 6.04 Å². The van der Waals surface area contributed by atoms with Gasteiger partial charge in [0.1, 0.15) is 29.1 Å². The fourth-order valence-corrected chi connectivity index (χ4v) is 5.47. The Bertz CT molecular complexity index is 1340. The number of morpholine rings is 1. The van der Waals surface area contributed by atoms with E-state index in [1.54, 1.807) is 18.2 Å². The fourth-order valence-electron chi connectivity index (χ4n) is 4.64. The number of hydrogen-bond acceptors (Lipinski definition) is 7. The van der Waals surface area contributed by atoms with E-state index in [4.69, 9.17) is 9.47 Å². The fraction of sp³-hybridized carbons (Fsp3) is 0.300. The lowest BCUT2D eigenvalue weighted by Crippen LogP contribution is -2.40. The van der Waals surface area contributed by atoms with Crippen LogP contribution in [0, 0.1) is 0 Å². The first-order valence-electron chi connectivity index (χ1n) is 9.77. The number of fused-ring (bicyclic) bond motifs is 4. The lowest BCUT2D eigenvalue weighted by Gasteiger charge is -2.30. The number of likely N-dealkylation sites (tertiary alicyclic amines) is 1. The van der Waals surface area contributed by atoms with E-state index in [2.05, 4.69) is 46.4 Å². The van der Waals surface area contributed by atoms with Gasteiger partial charge in [-0.25, -0.2) is 9.97 Å².